The highest BCUT2D eigenvalue weighted by atomic mass is 32.1. The van der Waals surface area contributed by atoms with Gasteiger partial charge in [-0.3, -0.25) is 0 Å². The molecule has 1 saturated heterocycles. The van der Waals surface area contributed by atoms with Gasteiger partial charge in [-0.2, -0.15) is 0 Å². The maximum absolute atomic E-state index is 12.2. The van der Waals surface area contributed by atoms with Gasteiger partial charge in [-0.05, 0) is 37.1 Å². The molecule has 4 aromatic rings. The van der Waals surface area contributed by atoms with E-state index in [1.165, 1.54) is 21.0 Å². The standard InChI is InChI=1S/C23H22N2O2S/c1-14-9-10-17-16(12-21(26)27-22(17)15(14)2)13-25-11-5-7-19(25)23-24-18-6-3-4-8-20(18)28-23/h3-4,6,8-10,12,19H,5,7,11,13H2,1-2H3/p+1/t19-/m1/s1. The van der Waals surface area contributed by atoms with Crippen molar-refractivity contribution in [3.63, 3.8) is 0 Å². The largest absolute Gasteiger partial charge is 0.422 e. The van der Waals surface area contributed by atoms with Crippen LogP contribution in [0.5, 0.6) is 0 Å². The molecule has 3 heterocycles. The van der Waals surface area contributed by atoms with E-state index in [1.807, 2.05) is 24.3 Å². The van der Waals surface area contributed by atoms with Crippen LogP contribution in [0.25, 0.3) is 21.2 Å². The van der Waals surface area contributed by atoms with Crippen LogP contribution >= 0.6 is 11.3 Å². The van der Waals surface area contributed by atoms with Crippen LogP contribution in [-0.4, -0.2) is 11.5 Å². The first kappa shape index (κ1) is 17.6. The van der Waals surface area contributed by atoms with E-state index in [0.29, 0.717) is 6.04 Å². The van der Waals surface area contributed by atoms with Gasteiger partial charge in [-0.1, -0.05) is 24.3 Å². The Balaban J connectivity index is 1.53. The van der Waals surface area contributed by atoms with Gasteiger partial charge in [0.15, 0.2) is 5.01 Å². The SMILES string of the molecule is Cc1ccc2c(C[NH+]3CCC[C@@H]3c3nc4ccccc4s3)cc(=O)oc2c1C. The van der Waals surface area contributed by atoms with Crippen molar-refractivity contribution in [1.82, 2.24) is 4.98 Å². The second-order valence-corrected chi connectivity index (χ2v) is 8.84. The number of fused-ring (bicyclic) bond motifs is 2. The van der Waals surface area contributed by atoms with Gasteiger partial charge < -0.3 is 9.32 Å². The van der Waals surface area contributed by atoms with Crippen molar-refractivity contribution in [3.05, 3.63) is 74.6 Å². The number of aryl methyl sites for hydroxylation is 2. The monoisotopic (exact) mass is 391 g/mol. The van der Waals surface area contributed by atoms with Gasteiger partial charge in [-0.15, -0.1) is 11.3 Å². The second-order valence-electron chi connectivity index (χ2n) is 7.77. The minimum absolute atomic E-state index is 0.258. The van der Waals surface area contributed by atoms with E-state index in [-0.39, 0.29) is 5.63 Å². The molecule has 1 unspecified atom stereocenters. The van der Waals surface area contributed by atoms with E-state index in [1.54, 1.807) is 6.07 Å². The molecule has 2 aromatic carbocycles. The van der Waals surface area contributed by atoms with Crippen LogP contribution in [-0.2, 0) is 6.54 Å². The van der Waals surface area contributed by atoms with Crippen molar-refractivity contribution in [3.8, 4) is 0 Å². The summed E-state index contributed by atoms with van der Waals surface area (Å²) in [5.74, 6) is 0. The number of likely N-dealkylation sites (tertiary alicyclic amines) is 1. The number of nitrogens with one attached hydrogen (secondary N) is 1. The molecule has 0 aliphatic carbocycles. The van der Waals surface area contributed by atoms with Gasteiger partial charge >= 0.3 is 5.63 Å². The average Bonchev–Trinajstić information content (AvgIpc) is 3.31. The molecule has 5 rings (SSSR count). The lowest BCUT2D eigenvalue weighted by Gasteiger charge is -2.20. The summed E-state index contributed by atoms with van der Waals surface area (Å²) in [6, 6.07) is 14.6. The average molecular weight is 392 g/mol. The highest BCUT2D eigenvalue weighted by Crippen LogP contribution is 2.29. The van der Waals surface area contributed by atoms with E-state index in [2.05, 4.69) is 37.3 Å². The predicted octanol–water partition coefficient (Wildman–Crippen LogP) is 3.94. The molecule has 0 bridgehead atoms. The highest BCUT2D eigenvalue weighted by molar-refractivity contribution is 7.18. The molecule has 0 amide bonds. The van der Waals surface area contributed by atoms with E-state index in [4.69, 9.17) is 9.40 Å². The van der Waals surface area contributed by atoms with Crippen molar-refractivity contribution in [2.45, 2.75) is 39.3 Å². The number of quaternary nitrogens is 1. The first-order valence-electron chi connectivity index (χ1n) is 9.83. The van der Waals surface area contributed by atoms with E-state index < -0.39 is 0 Å². The molecule has 0 radical (unpaired) electrons. The molecule has 2 atom stereocenters. The van der Waals surface area contributed by atoms with Crippen LogP contribution in [0.15, 0.2) is 51.7 Å². The van der Waals surface area contributed by atoms with Crippen molar-refractivity contribution < 1.29 is 9.32 Å². The molecule has 5 heteroatoms. The van der Waals surface area contributed by atoms with Crippen molar-refractivity contribution in [2.75, 3.05) is 6.54 Å². The van der Waals surface area contributed by atoms with Crippen molar-refractivity contribution in [1.29, 1.82) is 0 Å². The molecule has 0 saturated carbocycles. The summed E-state index contributed by atoms with van der Waals surface area (Å²) in [4.78, 5) is 18.6. The first-order valence-corrected chi connectivity index (χ1v) is 10.6. The Bertz CT molecular complexity index is 1210. The zero-order valence-corrected chi connectivity index (χ0v) is 16.9. The molecule has 2 aromatic heterocycles. The Hall–Kier alpha value is -2.50. The fraction of sp³-hybridized carbons (Fsp3) is 0.304. The van der Waals surface area contributed by atoms with Crippen LogP contribution in [0.4, 0.5) is 0 Å². The maximum Gasteiger partial charge on any atom is 0.336 e. The minimum Gasteiger partial charge on any atom is -0.422 e. The fourth-order valence-electron chi connectivity index (χ4n) is 4.38. The van der Waals surface area contributed by atoms with Crippen molar-refractivity contribution in [2.24, 2.45) is 0 Å². The molecule has 1 aliphatic rings. The molecule has 0 spiro atoms. The Labute approximate surface area is 167 Å². The normalized spacial score (nSPS) is 19.6. The Morgan fingerprint density at radius 2 is 2.07 bits per heavy atom. The van der Waals surface area contributed by atoms with Crippen LogP contribution in [0.3, 0.4) is 0 Å². The first-order chi connectivity index (χ1) is 13.6. The Morgan fingerprint density at radius 1 is 1.21 bits per heavy atom. The lowest BCUT2D eigenvalue weighted by molar-refractivity contribution is -0.931. The summed E-state index contributed by atoms with van der Waals surface area (Å²) in [6.07, 6.45) is 2.33. The van der Waals surface area contributed by atoms with Gasteiger partial charge in [0.1, 0.15) is 18.2 Å². The molecule has 4 nitrogen and oxygen atoms in total. The smallest absolute Gasteiger partial charge is 0.336 e. The predicted molar refractivity (Wildman–Crippen MR) is 113 cm³/mol. The van der Waals surface area contributed by atoms with Gasteiger partial charge in [0.05, 0.1) is 16.8 Å². The number of nitrogens with zero attached hydrogens (tertiary/aromatic N) is 1. The summed E-state index contributed by atoms with van der Waals surface area (Å²) in [5.41, 5.74) is 4.84. The third kappa shape index (κ3) is 2.95. The maximum atomic E-state index is 12.2. The zero-order valence-electron chi connectivity index (χ0n) is 16.1. The lowest BCUT2D eigenvalue weighted by Crippen LogP contribution is -3.08. The third-order valence-electron chi connectivity index (χ3n) is 6.03. The summed E-state index contributed by atoms with van der Waals surface area (Å²) >= 11 is 1.81. The summed E-state index contributed by atoms with van der Waals surface area (Å²) in [5, 5.41) is 2.28. The Morgan fingerprint density at radius 3 is 2.93 bits per heavy atom. The van der Waals surface area contributed by atoms with Gasteiger partial charge in [0.25, 0.3) is 0 Å². The van der Waals surface area contributed by atoms with E-state index in [9.17, 15) is 4.79 Å². The van der Waals surface area contributed by atoms with Crippen LogP contribution in [0.1, 0.15) is 40.6 Å². The van der Waals surface area contributed by atoms with Gasteiger partial charge in [0, 0.05) is 29.9 Å². The highest BCUT2D eigenvalue weighted by Gasteiger charge is 2.33. The molecule has 142 valence electrons. The zero-order chi connectivity index (χ0) is 19.3. The molecule has 28 heavy (non-hydrogen) atoms. The summed E-state index contributed by atoms with van der Waals surface area (Å²) in [6.45, 7) is 6.01. The molecular formula is C23H23N2O2S+. The number of thiazole rings is 1. The third-order valence-corrected chi connectivity index (χ3v) is 7.18. The van der Waals surface area contributed by atoms with E-state index in [0.717, 1.165) is 52.7 Å². The molecule has 1 fully saturated rings. The van der Waals surface area contributed by atoms with Crippen LogP contribution in [0.2, 0.25) is 0 Å². The molecule has 1 N–H and O–H groups in total. The number of hydrogen-bond acceptors (Lipinski definition) is 4. The van der Waals surface area contributed by atoms with Crippen LogP contribution < -0.4 is 10.5 Å². The van der Waals surface area contributed by atoms with E-state index >= 15 is 0 Å². The Kier molecular flexibility index (Phi) is 4.29. The number of para-hydroxylation sites is 1. The van der Waals surface area contributed by atoms with Crippen LogP contribution in [0, 0.1) is 13.8 Å². The fourth-order valence-corrected chi connectivity index (χ4v) is 5.54. The quantitative estimate of drug-likeness (QED) is 0.538. The summed E-state index contributed by atoms with van der Waals surface area (Å²) in [7, 11) is 0. The summed E-state index contributed by atoms with van der Waals surface area (Å²) < 4.78 is 6.81. The molecule has 1 aliphatic heterocycles. The second kappa shape index (κ2) is 6.83. The number of rotatable bonds is 3. The number of hydrogen-bond donors (Lipinski definition) is 1. The van der Waals surface area contributed by atoms with Crippen molar-refractivity contribution >= 4 is 32.5 Å². The minimum atomic E-state index is -0.258. The number of benzene rings is 2. The lowest BCUT2D eigenvalue weighted by atomic mass is 10.0. The number of aromatic nitrogens is 1. The van der Waals surface area contributed by atoms with Gasteiger partial charge in [-0.25, -0.2) is 9.78 Å². The van der Waals surface area contributed by atoms with Gasteiger partial charge in [0.2, 0.25) is 0 Å². The topological polar surface area (TPSA) is 47.5 Å². The molecular weight excluding hydrogens is 368 g/mol.